The topological polar surface area (TPSA) is 15.3 Å². The van der Waals surface area contributed by atoms with Crippen molar-refractivity contribution in [3.05, 3.63) is 12.3 Å². The standard InChI is InChI=1S/C7H15N.C6H14FN.CH4/c1-6(2)8(5)7(3)4;1-5(2)8-4-6(3)7;/h7H,1H2,2-5H3;5-6,8H,4H2,1-3H3;1H4. The van der Waals surface area contributed by atoms with E-state index in [1.54, 1.807) is 6.92 Å². The summed E-state index contributed by atoms with van der Waals surface area (Å²) in [5, 5.41) is 2.97. The van der Waals surface area contributed by atoms with Crippen LogP contribution in [-0.2, 0) is 0 Å². The molecule has 0 aliphatic carbocycles. The van der Waals surface area contributed by atoms with Crippen molar-refractivity contribution in [1.29, 1.82) is 0 Å². The fourth-order valence-corrected chi connectivity index (χ4v) is 0.839. The molecule has 0 aromatic heterocycles. The van der Waals surface area contributed by atoms with Crippen molar-refractivity contribution >= 4 is 0 Å². The maximum absolute atomic E-state index is 12.0. The van der Waals surface area contributed by atoms with Gasteiger partial charge in [-0.25, -0.2) is 4.39 Å². The molecule has 0 radical (unpaired) electrons. The number of nitrogens with one attached hydrogen (secondary N) is 1. The summed E-state index contributed by atoms with van der Waals surface area (Å²) in [5.74, 6) is 0. The Morgan fingerprint density at radius 1 is 1.24 bits per heavy atom. The summed E-state index contributed by atoms with van der Waals surface area (Å²) in [6, 6.07) is 0.973. The minimum atomic E-state index is -0.725. The molecule has 17 heavy (non-hydrogen) atoms. The van der Waals surface area contributed by atoms with Gasteiger partial charge < -0.3 is 10.2 Å². The highest BCUT2D eigenvalue weighted by molar-refractivity contribution is 4.87. The van der Waals surface area contributed by atoms with Crippen molar-refractivity contribution in [2.45, 2.75) is 67.2 Å². The molecule has 3 heteroatoms. The van der Waals surface area contributed by atoms with E-state index in [0.29, 0.717) is 18.6 Å². The second-order valence-electron chi connectivity index (χ2n) is 4.78. The molecule has 1 N–H and O–H groups in total. The van der Waals surface area contributed by atoms with Crippen LogP contribution in [0.2, 0.25) is 0 Å². The predicted octanol–water partition coefficient (Wildman–Crippen LogP) is 3.84. The molecule has 0 heterocycles. The SMILES string of the molecule is C.C=C(C)N(C)C(C)C.CC(F)CNC(C)C. The van der Waals surface area contributed by atoms with E-state index in [4.69, 9.17) is 0 Å². The Hall–Kier alpha value is -0.570. The lowest BCUT2D eigenvalue weighted by molar-refractivity contribution is 0.335. The van der Waals surface area contributed by atoms with Crippen LogP contribution in [0.1, 0.15) is 49.0 Å². The molecule has 0 saturated heterocycles. The highest BCUT2D eigenvalue weighted by Crippen LogP contribution is 2.00. The van der Waals surface area contributed by atoms with Gasteiger partial charge in [0.2, 0.25) is 0 Å². The molecule has 0 fully saturated rings. The molecule has 2 nitrogen and oxygen atoms in total. The van der Waals surface area contributed by atoms with Gasteiger partial charge in [0.25, 0.3) is 0 Å². The van der Waals surface area contributed by atoms with E-state index in [-0.39, 0.29) is 7.43 Å². The number of nitrogens with zero attached hydrogens (tertiary/aromatic N) is 1. The molecule has 0 aromatic carbocycles. The van der Waals surface area contributed by atoms with E-state index in [1.807, 2.05) is 27.8 Å². The van der Waals surface area contributed by atoms with Crippen LogP contribution in [0.4, 0.5) is 4.39 Å². The van der Waals surface area contributed by atoms with Crippen molar-refractivity contribution in [3.8, 4) is 0 Å². The summed E-state index contributed by atoms with van der Waals surface area (Å²) in [6.45, 7) is 16.1. The molecule has 0 aromatic rings. The summed E-state index contributed by atoms with van der Waals surface area (Å²) in [5.41, 5.74) is 1.12. The van der Waals surface area contributed by atoms with Crippen LogP contribution in [-0.4, -0.2) is 36.7 Å². The maximum Gasteiger partial charge on any atom is 0.110 e. The lowest BCUT2D eigenvalue weighted by atomic mass is 10.3. The number of alkyl halides is 1. The van der Waals surface area contributed by atoms with E-state index in [0.717, 1.165) is 5.70 Å². The quantitative estimate of drug-likeness (QED) is 0.795. The molecular formula is C14H33FN2. The van der Waals surface area contributed by atoms with Crippen LogP contribution in [0.5, 0.6) is 0 Å². The summed E-state index contributed by atoms with van der Waals surface area (Å²) >= 11 is 0. The van der Waals surface area contributed by atoms with E-state index in [1.165, 1.54) is 0 Å². The third-order valence-electron chi connectivity index (χ3n) is 2.18. The van der Waals surface area contributed by atoms with Gasteiger partial charge in [-0.1, -0.05) is 27.9 Å². The Bertz CT molecular complexity index is 169. The smallest absolute Gasteiger partial charge is 0.110 e. The van der Waals surface area contributed by atoms with Crippen molar-refractivity contribution in [1.82, 2.24) is 10.2 Å². The summed E-state index contributed by atoms with van der Waals surface area (Å²) in [4.78, 5) is 2.14. The minimum Gasteiger partial charge on any atom is -0.376 e. The number of allylic oxidation sites excluding steroid dienone is 1. The van der Waals surface area contributed by atoms with E-state index < -0.39 is 6.17 Å². The minimum absolute atomic E-state index is 0. The number of hydrogen-bond donors (Lipinski definition) is 1. The van der Waals surface area contributed by atoms with Gasteiger partial charge in [-0.3, -0.25) is 0 Å². The Morgan fingerprint density at radius 3 is 1.71 bits per heavy atom. The average molecular weight is 248 g/mol. The first-order valence-corrected chi connectivity index (χ1v) is 5.94. The van der Waals surface area contributed by atoms with Gasteiger partial charge in [0.1, 0.15) is 6.17 Å². The van der Waals surface area contributed by atoms with Gasteiger partial charge in [-0.15, -0.1) is 0 Å². The summed E-state index contributed by atoms with van der Waals surface area (Å²) in [7, 11) is 2.05. The van der Waals surface area contributed by atoms with Crippen molar-refractivity contribution in [3.63, 3.8) is 0 Å². The van der Waals surface area contributed by atoms with Crippen LogP contribution in [0.3, 0.4) is 0 Å². The molecule has 1 atom stereocenters. The molecule has 106 valence electrons. The van der Waals surface area contributed by atoms with Crippen LogP contribution < -0.4 is 5.32 Å². The number of rotatable bonds is 5. The van der Waals surface area contributed by atoms with Crippen molar-refractivity contribution in [2.75, 3.05) is 13.6 Å². The Kier molecular flexibility index (Phi) is 15.2. The Balaban J connectivity index is -0.000000218. The van der Waals surface area contributed by atoms with E-state index in [2.05, 4.69) is 30.6 Å². The van der Waals surface area contributed by atoms with Gasteiger partial charge >= 0.3 is 0 Å². The van der Waals surface area contributed by atoms with Gasteiger partial charge in [-0.2, -0.15) is 0 Å². The molecule has 0 aliphatic heterocycles. The fraction of sp³-hybridized carbons (Fsp3) is 0.857. The fourth-order valence-electron chi connectivity index (χ4n) is 0.839. The first-order chi connectivity index (χ1) is 7.18. The van der Waals surface area contributed by atoms with E-state index in [9.17, 15) is 4.39 Å². The second-order valence-corrected chi connectivity index (χ2v) is 4.78. The molecule has 0 aliphatic rings. The monoisotopic (exact) mass is 248 g/mol. The largest absolute Gasteiger partial charge is 0.376 e. The molecule has 1 unspecified atom stereocenters. The molecular weight excluding hydrogens is 215 g/mol. The highest BCUT2D eigenvalue weighted by Gasteiger charge is 1.98. The van der Waals surface area contributed by atoms with Gasteiger partial charge in [0.15, 0.2) is 0 Å². The van der Waals surface area contributed by atoms with Crippen LogP contribution in [0.15, 0.2) is 12.3 Å². The zero-order chi connectivity index (χ0) is 13.3. The molecule has 0 rings (SSSR count). The summed E-state index contributed by atoms with van der Waals surface area (Å²) < 4.78 is 12.0. The van der Waals surface area contributed by atoms with Crippen LogP contribution >= 0.6 is 0 Å². The lowest BCUT2D eigenvalue weighted by Gasteiger charge is -2.22. The summed E-state index contributed by atoms with van der Waals surface area (Å²) in [6.07, 6.45) is -0.725. The zero-order valence-electron chi connectivity index (χ0n) is 12.0. The van der Waals surface area contributed by atoms with Crippen molar-refractivity contribution in [2.24, 2.45) is 0 Å². The number of halogens is 1. The molecule has 0 saturated carbocycles. The lowest BCUT2D eigenvalue weighted by Crippen LogP contribution is -2.28. The molecule has 0 bridgehead atoms. The maximum atomic E-state index is 12.0. The molecule has 0 amide bonds. The third kappa shape index (κ3) is 18.0. The zero-order valence-corrected chi connectivity index (χ0v) is 12.0. The van der Waals surface area contributed by atoms with Gasteiger partial charge in [0.05, 0.1) is 0 Å². The Morgan fingerprint density at radius 2 is 1.65 bits per heavy atom. The van der Waals surface area contributed by atoms with Gasteiger partial charge in [0, 0.05) is 31.4 Å². The highest BCUT2D eigenvalue weighted by atomic mass is 19.1. The van der Waals surface area contributed by atoms with Gasteiger partial charge in [-0.05, 0) is 27.7 Å². The third-order valence-corrected chi connectivity index (χ3v) is 2.18. The van der Waals surface area contributed by atoms with E-state index >= 15 is 0 Å². The number of hydrogen-bond acceptors (Lipinski definition) is 2. The molecule has 0 spiro atoms. The van der Waals surface area contributed by atoms with Crippen molar-refractivity contribution < 1.29 is 4.39 Å². The first kappa shape index (κ1) is 21.7. The average Bonchev–Trinajstić information content (AvgIpc) is 2.14. The van der Waals surface area contributed by atoms with Crippen LogP contribution in [0, 0.1) is 0 Å². The first-order valence-electron chi connectivity index (χ1n) is 5.94. The Labute approximate surface area is 108 Å². The predicted molar refractivity (Wildman–Crippen MR) is 78.2 cm³/mol. The van der Waals surface area contributed by atoms with Crippen LogP contribution in [0.25, 0.3) is 0 Å². The normalized spacial score (nSPS) is 11.4. The second kappa shape index (κ2) is 11.9.